The summed E-state index contributed by atoms with van der Waals surface area (Å²) in [5.74, 6) is -0.0129. The minimum atomic E-state index is -0.422. The van der Waals surface area contributed by atoms with Gasteiger partial charge in [0.1, 0.15) is 5.39 Å². The molecule has 0 aliphatic carbocycles. The fourth-order valence-electron chi connectivity index (χ4n) is 3.76. The summed E-state index contributed by atoms with van der Waals surface area (Å²) in [6.45, 7) is 2.49. The molecule has 3 heterocycles. The Morgan fingerprint density at radius 2 is 2.06 bits per heavy atom. The van der Waals surface area contributed by atoms with Crippen LogP contribution in [0.4, 0.5) is 5.69 Å². The van der Waals surface area contributed by atoms with Crippen molar-refractivity contribution in [1.82, 2.24) is 19.7 Å². The first-order valence-corrected chi connectivity index (χ1v) is 11.1. The van der Waals surface area contributed by atoms with E-state index in [4.69, 9.17) is 11.6 Å². The molecule has 156 valence electrons. The van der Waals surface area contributed by atoms with Crippen LogP contribution in [0.1, 0.15) is 12.5 Å². The highest BCUT2D eigenvalue weighted by atomic mass is 35.5. The number of hydrogen-bond donors (Lipinski definition) is 1. The Bertz CT molecular complexity index is 1370. The smallest absolute Gasteiger partial charge is 0.262 e. The fourth-order valence-corrected chi connectivity index (χ4v) is 4.79. The molecular weight excluding hydrogens is 434 g/mol. The van der Waals surface area contributed by atoms with Crippen molar-refractivity contribution in [2.75, 3.05) is 11.4 Å². The van der Waals surface area contributed by atoms with E-state index in [9.17, 15) is 9.59 Å². The van der Waals surface area contributed by atoms with Crippen molar-refractivity contribution in [1.29, 1.82) is 0 Å². The number of carbonyl (C=O) groups is 1. The number of thioether (sulfide) groups is 1. The van der Waals surface area contributed by atoms with E-state index in [2.05, 4.69) is 15.1 Å². The molecule has 7 nitrogen and oxygen atoms in total. The molecule has 4 aromatic rings. The molecule has 31 heavy (non-hydrogen) atoms. The molecule has 1 N–H and O–H groups in total. The lowest BCUT2D eigenvalue weighted by atomic mass is 10.2. The maximum absolute atomic E-state index is 13.1. The zero-order chi connectivity index (χ0) is 21.5. The third-order valence-electron chi connectivity index (χ3n) is 5.26. The van der Waals surface area contributed by atoms with Crippen LogP contribution in [0.25, 0.3) is 16.7 Å². The van der Waals surface area contributed by atoms with Crippen LogP contribution in [0.5, 0.6) is 0 Å². The van der Waals surface area contributed by atoms with Gasteiger partial charge in [0, 0.05) is 17.3 Å². The van der Waals surface area contributed by atoms with Crippen molar-refractivity contribution in [2.24, 2.45) is 0 Å². The largest absolute Gasteiger partial charge is 0.311 e. The van der Waals surface area contributed by atoms with Crippen LogP contribution >= 0.6 is 23.4 Å². The van der Waals surface area contributed by atoms with Gasteiger partial charge in [0.05, 0.1) is 17.1 Å². The van der Waals surface area contributed by atoms with Gasteiger partial charge in [-0.2, -0.15) is 5.10 Å². The molecule has 0 spiro atoms. The van der Waals surface area contributed by atoms with E-state index in [1.807, 2.05) is 43.3 Å². The van der Waals surface area contributed by atoms with Crippen molar-refractivity contribution >= 4 is 46.0 Å². The number of H-pyrrole nitrogens is 1. The van der Waals surface area contributed by atoms with Crippen molar-refractivity contribution in [3.8, 4) is 5.69 Å². The predicted molar refractivity (Wildman–Crippen MR) is 122 cm³/mol. The molecule has 9 heteroatoms. The number of fused-ring (bicyclic) bond motifs is 2. The minimum Gasteiger partial charge on any atom is -0.311 e. The first-order chi connectivity index (χ1) is 15.0. The van der Waals surface area contributed by atoms with Gasteiger partial charge in [-0.25, -0.2) is 9.67 Å². The van der Waals surface area contributed by atoms with E-state index in [0.29, 0.717) is 33.4 Å². The van der Waals surface area contributed by atoms with Crippen LogP contribution in [0.15, 0.2) is 64.7 Å². The van der Waals surface area contributed by atoms with Gasteiger partial charge >= 0.3 is 0 Å². The maximum Gasteiger partial charge on any atom is 0.262 e. The van der Waals surface area contributed by atoms with Gasteiger partial charge in [0.15, 0.2) is 10.8 Å². The number of benzene rings is 2. The summed E-state index contributed by atoms with van der Waals surface area (Å²) in [7, 11) is 0. The number of amides is 1. The maximum atomic E-state index is 13.1. The normalized spacial score (nSPS) is 14.1. The molecule has 0 saturated carbocycles. The molecule has 1 unspecified atom stereocenters. The first kappa shape index (κ1) is 19.8. The van der Waals surface area contributed by atoms with Gasteiger partial charge in [-0.05, 0) is 43.2 Å². The van der Waals surface area contributed by atoms with Crippen molar-refractivity contribution < 1.29 is 4.79 Å². The zero-order valence-corrected chi connectivity index (χ0v) is 18.2. The Hall–Kier alpha value is -3.10. The standard InChI is InChI=1S/C22H18ClN5O2S/c1-13(21(30)27-10-9-14-5-2-3-8-18(14)27)31-22-25-19-17(20(29)26-22)12-24-28(19)16-7-4-6-15(23)11-16/h2-8,11-13H,9-10H2,1H3,(H,25,26,29). The van der Waals surface area contributed by atoms with E-state index in [1.165, 1.54) is 23.5 Å². The lowest BCUT2D eigenvalue weighted by molar-refractivity contribution is -0.117. The second-order valence-corrected chi connectivity index (χ2v) is 9.04. The Morgan fingerprint density at radius 1 is 1.23 bits per heavy atom. The Labute approximate surface area is 187 Å². The average molecular weight is 452 g/mol. The molecule has 5 rings (SSSR count). The first-order valence-electron chi connectivity index (χ1n) is 9.81. The number of nitrogens with zero attached hydrogens (tertiary/aromatic N) is 4. The summed E-state index contributed by atoms with van der Waals surface area (Å²) in [4.78, 5) is 34.9. The van der Waals surface area contributed by atoms with Gasteiger partial charge in [-0.1, -0.05) is 47.6 Å². The molecule has 0 saturated heterocycles. The highest BCUT2D eigenvalue weighted by Gasteiger charge is 2.29. The number of aromatic nitrogens is 4. The van der Waals surface area contributed by atoms with Gasteiger partial charge in [0.25, 0.3) is 5.56 Å². The van der Waals surface area contributed by atoms with Crippen LogP contribution in [-0.2, 0) is 11.2 Å². The van der Waals surface area contributed by atoms with Crippen LogP contribution in [0.2, 0.25) is 5.02 Å². The van der Waals surface area contributed by atoms with E-state index in [0.717, 1.165) is 12.1 Å². The fraction of sp³-hybridized carbons (Fsp3) is 0.182. The van der Waals surface area contributed by atoms with Gasteiger partial charge in [-0.3, -0.25) is 9.59 Å². The van der Waals surface area contributed by atoms with E-state index in [1.54, 1.807) is 21.7 Å². The molecule has 0 bridgehead atoms. The Morgan fingerprint density at radius 3 is 2.90 bits per heavy atom. The molecule has 0 radical (unpaired) electrons. The number of aromatic amines is 1. The number of nitrogens with one attached hydrogen (secondary N) is 1. The Kier molecular flexibility index (Phi) is 5.03. The zero-order valence-electron chi connectivity index (χ0n) is 16.6. The second-order valence-electron chi connectivity index (χ2n) is 7.27. The molecule has 2 aromatic heterocycles. The van der Waals surface area contributed by atoms with E-state index in [-0.39, 0.29) is 11.5 Å². The topological polar surface area (TPSA) is 83.9 Å². The van der Waals surface area contributed by atoms with Crippen LogP contribution in [0.3, 0.4) is 0 Å². The molecular formula is C22H18ClN5O2S. The summed E-state index contributed by atoms with van der Waals surface area (Å²) in [5, 5.41) is 5.18. The van der Waals surface area contributed by atoms with Gasteiger partial charge in [-0.15, -0.1) is 0 Å². The van der Waals surface area contributed by atoms with Crippen LogP contribution in [0, 0.1) is 0 Å². The number of para-hydroxylation sites is 1. The molecule has 2 aromatic carbocycles. The molecule has 0 fully saturated rings. The molecule has 1 atom stereocenters. The van der Waals surface area contributed by atoms with Crippen LogP contribution in [-0.4, -0.2) is 37.5 Å². The van der Waals surface area contributed by atoms with Gasteiger partial charge < -0.3 is 9.88 Å². The minimum absolute atomic E-state index is 0.0129. The molecule has 1 amide bonds. The highest BCUT2D eigenvalue weighted by Crippen LogP contribution is 2.31. The summed E-state index contributed by atoms with van der Waals surface area (Å²) in [6.07, 6.45) is 2.32. The highest BCUT2D eigenvalue weighted by molar-refractivity contribution is 8.00. The van der Waals surface area contributed by atoms with Gasteiger partial charge in [0.2, 0.25) is 5.91 Å². The van der Waals surface area contributed by atoms with Crippen LogP contribution < -0.4 is 10.5 Å². The van der Waals surface area contributed by atoms with Crippen molar-refractivity contribution in [2.45, 2.75) is 23.8 Å². The number of anilines is 1. The number of rotatable bonds is 4. The van der Waals surface area contributed by atoms with Crippen molar-refractivity contribution in [3.05, 3.63) is 75.7 Å². The SMILES string of the molecule is CC(Sc1nc2c(cnn2-c2cccc(Cl)c2)c(=O)[nH]1)C(=O)N1CCc2ccccc21. The van der Waals surface area contributed by atoms with Crippen molar-refractivity contribution in [3.63, 3.8) is 0 Å². The number of carbonyl (C=O) groups excluding carboxylic acids is 1. The number of halogens is 1. The lowest BCUT2D eigenvalue weighted by Crippen LogP contribution is -2.35. The predicted octanol–water partition coefficient (Wildman–Crippen LogP) is 3.83. The lowest BCUT2D eigenvalue weighted by Gasteiger charge is -2.21. The summed E-state index contributed by atoms with van der Waals surface area (Å²) < 4.78 is 1.57. The summed E-state index contributed by atoms with van der Waals surface area (Å²) in [6, 6.07) is 15.1. The van der Waals surface area contributed by atoms with E-state index < -0.39 is 5.25 Å². The molecule has 1 aliphatic heterocycles. The second kappa shape index (κ2) is 7.86. The quantitative estimate of drug-likeness (QED) is 0.376. The summed E-state index contributed by atoms with van der Waals surface area (Å²) in [5.41, 5.74) is 2.95. The molecule has 1 aliphatic rings. The Balaban J connectivity index is 1.45. The number of hydrogen-bond acceptors (Lipinski definition) is 5. The monoisotopic (exact) mass is 451 g/mol. The summed E-state index contributed by atoms with van der Waals surface area (Å²) >= 11 is 7.33. The van der Waals surface area contributed by atoms with E-state index >= 15 is 0 Å². The average Bonchev–Trinajstić information content (AvgIpc) is 3.38. The third-order valence-corrected chi connectivity index (χ3v) is 6.47. The third kappa shape index (κ3) is 3.62.